The maximum absolute atomic E-state index is 4.82. The van der Waals surface area contributed by atoms with E-state index < -0.39 is 16.5 Å². The Morgan fingerprint density at radius 2 is 1.39 bits per heavy atom. The van der Waals surface area contributed by atoms with Crippen molar-refractivity contribution in [1.29, 1.82) is 0 Å². The number of hydrogen-bond donors (Lipinski definition) is 0. The summed E-state index contributed by atoms with van der Waals surface area (Å²) in [5, 5.41) is 4.49. The van der Waals surface area contributed by atoms with Gasteiger partial charge in [-0.3, -0.25) is 15.0 Å². The molecule has 0 aliphatic heterocycles. The zero-order valence-electron chi connectivity index (χ0n) is 20.2. The van der Waals surface area contributed by atoms with Crippen LogP contribution >= 0.6 is 0 Å². The number of aliphatic imine (C=N–C) groups is 1. The quantitative estimate of drug-likeness (QED) is 0.294. The molecule has 0 saturated carbocycles. The van der Waals surface area contributed by atoms with Crippen LogP contribution in [-0.2, 0) is 30.2 Å². The van der Waals surface area contributed by atoms with E-state index in [1.54, 1.807) is 12.4 Å². The van der Waals surface area contributed by atoms with Crippen LogP contribution in [0.4, 0.5) is 0 Å². The van der Waals surface area contributed by atoms with E-state index in [1.807, 2.05) is 56.3 Å². The predicted octanol–water partition coefficient (Wildman–Crippen LogP) is 6.94. The van der Waals surface area contributed by atoms with E-state index in [9.17, 15) is 0 Å². The van der Waals surface area contributed by atoms with E-state index in [2.05, 4.69) is 59.6 Å². The smallest absolute Gasteiger partial charge is 0.683 e. The first-order chi connectivity index (χ1) is 13.9. The van der Waals surface area contributed by atoms with Gasteiger partial charge in [0.25, 0.3) is 0 Å². The third-order valence-electron chi connectivity index (χ3n) is 3.52. The number of aromatic nitrogens is 2. The van der Waals surface area contributed by atoms with Gasteiger partial charge < -0.3 is 9.96 Å². The fourth-order valence-electron chi connectivity index (χ4n) is 2.79. The van der Waals surface area contributed by atoms with Crippen molar-refractivity contribution in [3.63, 3.8) is 0 Å². The molecule has 0 fully saturated rings. The Hall–Kier alpha value is -1.58. The van der Waals surface area contributed by atoms with Gasteiger partial charge in [0.1, 0.15) is 0 Å². The molecule has 170 valence electrons. The van der Waals surface area contributed by atoms with Crippen molar-refractivity contribution >= 4 is 22.2 Å². The van der Waals surface area contributed by atoms with Crippen LogP contribution in [0.2, 0.25) is 39.3 Å². The van der Waals surface area contributed by atoms with Crippen molar-refractivity contribution in [2.24, 2.45) is 4.99 Å². The van der Waals surface area contributed by atoms with Crippen LogP contribution < -0.4 is 0 Å². The van der Waals surface area contributed by atoms with Crippen LogP contribution in [0.5, 0.6) is 0 Å². The monoisotopic (exact) mass is 495 g/mol. The van der Waals surface area contributed by atoms with Crippen molar-refractivity contribution in [3.8, 4) is 0 Å². The number of nitrogens with zero attached hydrogens (tertiary/aromatic N) is 5. The molecule has 0 aliphatic carbocycles. The van der Waals surface area contributed by atoms with E-state index in [0.29, 0.717) is 13.1 Å². The maximum Gasteiger partial charge on any atom is 2.00 e. The molecule has 5 nitrogen and oxygen atoms in total. The summed E-state index contributed by atoms with van der Waals surface area (Å²) >= 11 is 0. The van der Waals surface area contributed by atoms with Gasteiger partial charge in [0.05, 0.1) is 12.2 Å². The van der Waals surface area contributed by atoms with Crippen LogP contribution in [0.1, 0.15) is 25.2 Å². The molecule has 0 bridgehead atoms. The van der Waals surface area contributed by atoms with Gasteiger partial charge in [-0.15, -0.1) is 0 Å². The first kappa shape index (κ1) is 29.4. The molecule has 0 unspecified atom stereocenters. The summed E-state index contributed by atoms with van der Waals surface area (Å²) in [4.78, 5) is 13.0. The Labute approximate surface area is 202 Å². The Morgan fingerprint density at radius 1 is 0.871 bits per heavy atom. The minimum absolute atomic E-state index is 0. The number of allylic oxidation sites excluding steroid dienone is 2. The summed E-state index contributed by atoms with van der Waals surface area (Å²) in [5.41, 5.74) is 3.83. The second kappa shape index (κ2) is 14.5. The zero-order valence-corrected chi connectivity index (χ0v) is 23.3. The van der Waals surface area contributed by atoms with Gasteiger partial charge in [0.2, 0.25) is 0 Å². The van der Waals surface area contributed by atoms with Gasteiger partial charge in [0.15, 0.2) is 0 Å². The van der Waals surface area contributed by atoms with Gasteiger partial charge in [-0.25, -0.2) is 0 Å². The standard InChI is InChI=1S/C17H19N4.C6H18NSi2.Fe/c1-14(20-12-16-7-3-5-9-18-16)11-15(2)21-13-17-8-4-6-10-19-17;1-8(2,3)7-9(4,5)6;/h3-11H,12-13H2,1-2H3;1-6H3;/q2*-1;+2/b14-11-,21-15?;;. The van der Waals surface area contributed by atoms with E-state index in [4.69, 9.17) is 4.65 Å². The number of pyridine rings is 2. The molecule has 2 rings (SSSR count). The van der Waals surface area contributed by atoms with Crippen molar-refractivity contribution in [2.75, 3.05) is 0 Å². The molecule has 0 radical (unpaired) electrons. The molecule has 2 aromatic heterocycles. The molecule has 0 N–H and O–H groups in total. The Morgan fingerprint density at radius 3 is 1.81 bits per heavy atom. The third-order valence-corrected chi connectivity index (χ3v) is 8.89. The summed E-state index contributed by atoms with van der Waals surface area (Å²) < 4.78 is 4.82. The van der Waals surface area contributed by atoms with Crippen molar-refractivity contribution in [1.82, 2.24) is 9.97 Å². The average Bonchev–Trinajstić information content (AvgIpc) is 2.64. The summed E-state index contributed by atoms with van der Waals surface area (Å²) in [6, 6.07) is 11.7. The summed E-state index contributed by atoms with van der Waals surface area (Å²) in [5.74, 6) is 0. The maximum atomic E-state index is 4.82. The zero-order chi connectivity index (χ0) is 22.6. The first-order valence-electron chi connectivity index (χ1n) is 10.4. The first-order valence-corrected chi connectivity index (χ1v) is 17.2. The van der Waals surface area contributed by atoms with Gasteiger partial charge in [-0.1, -0.05) is 87.4 Å². The van der Waals surface area contributed by atoms with Crippen molar-refractivity contribution in [3.05, 3.63) is 81.9 Å². The summed E-state index contributed by atoms with van der Waals surface area (Å²) in [6.45, 7) is 18.9. The molecule has 31 heavy (non-hydrogen) atoms. The van der Waals surface area contributed by atoms with Crippen molar-refractivity contribution in [2.45, 2.75) is 66.2 Å². The fourth-order valence-corrected chi connectivity index (χ4v) is 10.8. The molecule has 2 heterocycles. The summed E-state index contributed by atoms with van der Waals surface area (Å²) in [6.07, 6.45) is 5.54. The largest absolute Gasteiger partial charge is 2.00 e. The minimum Gasteiger partial charge on any atom is -0.683 e. The number of hydrogen-bond acceptors (Lipinski definition) is 3. The van der Waals surface area contributed by atoms with Gasteiger partial charge in [0, 0.05) is 23.8 Å². The SMILES string of the molecule is CC(/C=C(/C)[N-]Cc1ccccn1)=NCc1ccccn1.C[Si](C)(C)[N-][Si](C)(C)C.[Fe+2]. The second-order valence-corrected chi connectivity index (χ2v) is 18.7. The topological polar surface area (TPSA) is 66.3 Å². The molecular formula is C23H37FeN5Si2. The average molecular weight is 496 g/mol. The van der Waals surface area contributed by atoms with E-state index in [0.717, 1.165) is 22.8 Å². The van der Waals surface area contributed by atoms with Crippen LogP contribution in [0, 0.1) is 0 Å². The second-order valence-electron chi connectivity index (χ2n) is 9.16. The Bertz CT molecular complexity index is 786. The third kappa shape index (κ3) is 16.7. The van der Waals surface area contributed by atoms with E-state index in [-0.39, 0.29) is 17.1 Å². The summed E-state index contributed by atoms with van der Waals surface area (Å²) in [7, 11) is -2.21. The molecule has 0 aliphatic rings. The fraction of sp³-hybridized carbons (Fsp3) is 0.435. The predicted molar refractivity (Wildman–Crippen MR) is 136 cm³/mol. The molecule has 0 saturated heterocycles. The van der Waals surface area contributed by atoms with E-state index in [1.165, 1.54) is 0 Å². The minimum atomic E-state index is -1.11. The van der Waals surface area contributed by atoms with E-state index >= 15 is 0 Å². The van der Waals surface area contributed by atoms with Gasteiger partial charge >= 0.3 is 17.1 Å². The molecule has 0 amide bonds. The van der Waals surface area contributed by atoms with Crippen LogP contribution in [-0.4, -0.2) is 32.2 Å². The van der Waals surface area contributed by atoms with Crippen LogP contribution in [0.15, 0.2) is 65.6 Å². The molecule has 8 heteroatoms. The number of rotatable bonds is 8. The molecule has 2 aromatic rings. The van der Waals surface area contributed by atoms with Gasteiger partial charge in [-0.05, 0) is 31.2 Å². The van der Waals surface area contributed by atoms with Crippen LogP contribution in [0.3, 0.4) is 0 Å². The molecular weight excluding hydrogens is 458 g/mol. The van der Waals surface area contributed by atoms with Crippen LogP contribution in [0.25, 0.3) is 9.96 Å². The van der Waals surface area contributed by atoms with Gasteiger partial charge in [-0.2, -0.15) is 5.70 Å². The Kier molecular flexibility index (Phi) is 13.7. The molecule has 0 aromatic carbocycles. The molecule has 0 atom stereocenters. The normalized spacial score (nSPS) is 12.4. The van der Waals surface area contributed by atoms with Crippen molar-refractivity contribution < 1.29 is 17.1 Å². The molecule has 0 spiro atoms. The Balaban J connectivity index is 0.000000769.